The Morgan fingerprint density at radius 1 is 1.31 bits per heavy atom. The van der Waals surface area contributed by atoms with Gasteiger partial charge in [-0.1, -0.05) is 18.7 Å². The first-order valence-electron chi connectivity index (χ1n) is 3.54. The van der Waals surface area contributed by atoms with Crippen molar-refractivity contribution >= 4 is 11.8 Å². The average molecular weight is 208 g/mol. The second kappa shape index (κ2) is 5.17. The van der Waals surface area contributed by atoms with E-state index < -0.39 is 11.7 Å². The number of hydrogen-bond donors (Lipinski definition) is 0. The van der Waals surface area contributed by atoms with Crippen LogP contribution in [0.5, 0.6) is 0 Å². The summed E-state index contributed by atoms with van der Waals surface area (Å²) < 4.78 is 35.9. The van der Waals surface area contributed by atoms with Crippen LogP contribution in [0.4, 0.5) is 13.2 Å². The molecule has 0 rings (SSSR count). The Balaban J connectivity index is 4.58. The lowest BCUT2D eigenvalue weighted by Crippen LogP contribution is -2.08. The van der Waals surface area contributed by atoms with Gasteiger partial charge in [0, 0.05) is 10.5 Å². The van der Waals surface area contributed by atoms with Crippen LogP contribution < -0.4 is 0 Å². The van der Waals surface area contributed by atoms with E-state index in [1.807, 2.05) is 0 Å². The zero-order valence-corrected chi connectivity index (χ0v) is 8.30. The monoisotopic (exact) mass is 208 g/mol. The first-order chi connectivity index (χ1) is 5.91. The van der Waals surface area contributed by atoms with Crippen molar-refractivity contribution in [1.29, 1.82) is 0 Å². The second-order valence-electron chi connectivity index (χ2n) is 2.32. The van der Waals surface area contributed by atoms with Gasteiger partial charge in [-0.2, -0.15) is 13.2 Å². The Morgan fingerprint density at radius 2 is 1.85 bits per heavy atom. The lowest BCUT2D eigenvalue weighted by Gasteiger charge is -2.04. The van der Waals surface area contributed by atoms with Crippen LogP contribution in [0.25, 0.3) is 0 Å². The molecule has 0 spiro atoms. The fraction of sp³-hybridized carbons (Fsp3) is 0.333. The van der Waals surface area contributed by atoms with Crippen molar-refractivity contribution in [1.82, 2.24) is 0 Å². The summed E-state index contributed by atoms with van der Waals surface area (Å²) in [5, 5.41) is 0. The number of halogens is 3. The Labute approximate surface area is 80.2 Å². The average Bonchev–Trinajstić information content (AvgIpc) is 2.04. The summed E-state index contributed by atoms with van der Waals surface area (Å²) in [5.41, 5.74) is -0.610. The number of hydrogen-bond acceptors (Lipinski definition) is 1. The maximum atomic E-state index is 12.0. The van der Waals surface area contributed by atoms with Crippen molar-refractivity contribution in [2.24, 2.45) is 0 Å². The van der Waals surface area contributed by atoms with Crippen molar-refractivity contribution in [2.75, 3.05) is 6.26 Å². The first-order valence-corrected chi connectivity index (χ1v) is 4.76. The van der Waals surface area contributed by atoms with Gasteiger partial charge in [-0.15, -0.1) is 11.8 Å². The molecule has 0 aromatic rings. The van der Waals surface area contributed by atoms with Gasteiger partial charge in [-0.05, 0) is 19.3 Å². The third kappa shape index (κ3) is 4.83. The molecule has 0 amide bonds. The van der Waals surface area contributed by atoms with Gasteiger partial charge < -0.3 is 0 Å². The molecule has 0 saturated heterocycles. The van der Waals surface area contributed by atoms with E-state index in [-0.39, 0.29) is 0 Å². The van der Waals surface area contributed by atoms with E-state index in [9.17, 15) is 13.2 Å². The van der Waals surface area contributed by atoms with Gasteiger partial charge in [-0.3, -0.25) is 0 Å². The van der Waals surface area contributed by atoms with Crippen LogP contribution in [0.3, 0.4) is 0 Å². The molecule has 0 fully saturated rings. The molecule has 0 saturated carbocycles. The van der Waals surface area contributed by atoms with E-state index in [4.69, 9.17) is 0 Å². The minimum Gasteiger partial charge on any atom is -0.166 e. The first kappa shape index (κ1) is 12.4. The molecule has 0 unspecified atom stereocenters. The predicted molar refractivity (Wildman–Crippen MR) is 51.6 cm³/mol. The molecule has 0 aliphatic rings. The molecular weight excluding hydrogens is 197 g/mol. The standard InChI is InChI=1S/C9H11F3S/c1-4-8(13-3)6-5-7(2)9(10,11)12/h4-6H,1H2,2-3H3/b7-5+,8-6+. The lowest BCUT2D eigenvalue weighted by atomic mass is 10.2. The number of alkyl halides is 3. The number of thioether (sulfide) groups is 1. The summed E-state index contributed by atoms with van der Waals surface area (Å²) in [7, 11) is 0. The Bertz CT molecular complexity index is 236. The smallest absolute Gasteiger partial charge is 0.166 e. The van der Waals surface area contributed by atoms with Crippen molar-refractivity contribution in [2.45, 2.75) is 13.1 Å². The van der Waals surface area contributed by atoms with E-state index in [0.29, 0.717) is 4.91 Å². The van der Waals surface area contributed by atoms with Crippen LogP contribution in [-0.4, -0.2) is 12.4 Å². The quantitative estimate of drug-likeness (QED) is 0.633. The highest BCUT2D eigenvalue weighted by atomic mass is 32.2. The molecule has 0 radical (unpaired) electrons. The summed E-state index contributed by atoms with van der Waals surface area (Å²) in [6.07, 6.45) is 1.52. The normalized spacial score (nSPS) is 14.5. The summed E-state index contributed by atoms with van der Waals surface area (Å²) in [4.78, 5) is 0.712. The Hall–Kier alpha value is -0.640. The fourth-order valence-electron chi connectivity index (χ4n) is 0.521. The third-order valence-electron chi connectivity index (χ3n) is 1.38. The van der Waals surface area contributed by atoms with Crippen LogP contribution in [0.15, 0.2) is 35.3 Å². The van der Waals surface area contributed by atoms with Crippen molar-refractivity contribution < 1.29 is 13.2 Å². The highest BCUT2D eigenvalue weighted by Crippen LogP contribution is 2.25. The van der Waals surface area contributed by atoms with Gasteiger partial charge in [-0.25, -0.2) is 0 Å². The molecule has 13 heavy (non-hydrogen) atoms. The molecule has 0 N–H and O–H groups in total. The summed E-state index contributed by atoms with van der Waals surface area (Å²) in [5.74, 6) is 0. The molecule has 0 aliphatic heterocycles. The van der Waals surface area contributed by atoms with E-state index in [1.54, 1.807) is 6.26 Å². The maximum absolute atomic E-state index is 12.0. The largest absolute Gasteiger partial charge is 0.412 e. The van der Waals surface area contributed by atoms with Gasteiger partial charge in [0.15, 0.2) is 0 Å². The van der Waals surface area contributed by atoms with Gasteiger partial charge >= 0.3 is 6.18 Å². The van der Waals surface area contributed by atoms with Gasteiger partial charge in [0.05, 0.1) is 0 Å². The van der Waals surface area contributed by atoms with Crippen LogP contribution in [0.2, 0.25) is 0 Å². The molecule has 0 atom stereocenters. The zero-order valence-electron chi connectivity index (χ0n) is 7.48. The molecule has 4 heteroatoms. The molecule has 74 valence electrons. The van der Waals surface area contributed by atoms with E-state index in [2.05, 4.69) is 6.58 Å². The summed E-state index contributed by atoms with van der Waals surface area (Å²) in [6, 6.07) is 0. The number of allylic oxidation sites excluding steroid dienone is 4. The molecule has 0 nitrogen and oxygen atoms in total. The van der Waals surface area contributed by atoms with E-state index in [0.717, 1.165) is 13.0 Å². The van der Waals surface area contributed by atoms with Gasteiger partial charge in [0.2, 0.25) is 0 Å². The third-order valence-corrected chi connectivity index (χ3v) is 2.16. The topological polar surface area (TPSA) is 0 Å². The maximum Gasteiger partial charge on any atom is 0.412 e. The van der Waals surface area contributed by atoms with Crippen LogP contribution in [0, 0.1) is 0 Å². The summed E-state index contributed by atoms with van der Waals surface area (Å²) >= 11 is 1.35. The zero-order chi connectivity index (χ0) is 10.5. The van der Waals surface area contributed by atoms with Crippen LogP contribution >= 0.6 is 11.8 Å². The minimum absolute atomic E-state index is 0.610. The van der Waals surface area contributed by atoms with Gasteiger partial charge in [0.1, 0.15) is 0 Å². The van der Waals surface area contributed by atoms with Crippen LogP contribution in [-0.2, 0) is 0 Å². The van der Waals surface area contributed by atoms with Crippen molar-refractivity contribution in [3.8, 4) is 0 Å². The van der Waals surface area contributed by atoms with E-state index in [1.165, 1.54) is 23.9 Å². The Kier molecular flexibility index (Phi) is 4.91. The Morgan fingerprint density at radius 3 is 2.15 bits per heavy atom. The summed E-state index contributed by atoms with van der Waals surface area (Å²) in [6.45, 7) is 4.51. The van der Waals surface area contributed by atoms with Crippen molar-refractivity contribution in [3.05, 3.63) is 35.3 Å². The predicted octanol–water partition coefficient (Wildman–Crippen LogP) is 3.93. The fourth-order valence-corrected chi connectivity index (χ4v) is 0.892. The highest BCUT2D eigenvalue weighted by molar-refractivity contribution is 8.02. The molecule has 0 heterocycles. The minimum atomic E-state index is -4.23. The second-order valence-corrected chi connectivity index (χ2v) is 3.20. The highest BCUT2D eigenvalue weighted by Gasteiger charge is 2.29. The lowest BCUT2D eigenvalue weighted by molar-refractivity contribution is -0.0912. The van der Waals surface area contributed by atoms with Gasteiger partial charge in [0.25, 0.3) is 0 Å². The van der Waals surface area contributed by atoms with Crippen molar-refractivity contribution in [3.63, 3.8) is 0 Å². The van der Waals surface area contributed by atoms with Crippen LogP contribution in [0.1, 0.15) is 6.92 Å². The number of rotatable bonds is 3. The molecule has 0 bridgehead atoms. The van der Waals surface area contributed by atoms with E-state index >= 15 is 0 Å². The molecule has 0 aliphatic carbocycles. The molecular formula is C9H11F3S. The molecule has 0 aromatic heterocycles. The molecule has 0 aromatic carbocycles. The SMILES string of the molecule is C=C/C(=C\C=C(/C)C(F)(F)F)SC.